The summed E-state index contributed by atoms with van der Waals surface area (Å²) in [5.74, 6) is 1.73. The number of rotatable bonds is 3. The van der Waals surface area contributed by atoms with Crippen LogP contribution < -0.4 is 5.32 Å². The van der Waals surface area contributed by atoms with Crippen molar-refractivity contribution in [2.24, 2.45) is 5.92 Å². The fraction of sp³-hybridized carbons (Fsp3) is 0.368. The molecule has 0 spiro atoms. The molecular formula is C19H21N3S. The zero-order valence-electron chi connectivity index (χ0n) is 13.6. The Labute approximate surface area is 140 Å². The predicted octanol–water partition coefficient (Wildman–Crippen LogP) is 5.12. The lowest BCUT2D eigenvalue weighted by Gasteiger charge is -2.18. The largest absolute Gasteiger partial charge is 0.340 e. The summed E-state index contributed by atoms with van der Waals surface area (Å²) in [6, 6.07) is 8.61. The van der Waals surface area contributed by atoms with Gasteiger partial charge in [-0.15, -0.1) is 11.3 Å². The van der Waals surface area contributed by atoms with Crippen LogP contribution in [-0.2, 0) is 19.3 Å². The van der Waals surface area contributed by atoms with Gasteiger partial charge in [0.25, 0.3) is 0 Å². The van der Waals surface area contributed by atoms with Gasteiger partial charge in [0.15, 0.2) is 0 Å². The zero-order chi connectivity index (χ0) is 15.8. The maximum atomic E-state index is 4.53. The molecule has 1 N–H and O–H groups in total. The zero-order valence-corrected chi connectivity index (χ0v) is 14.4. The van der Waals surface area contributed by atoms with Crippen LogP contribution in [0.2, 0.25) is 0 Å². The molecule has 0 aliphatic heterocycles. The van der Waals surface area contributed by atoms with E-state index in [4.69, 9.17) is 0 Å². The minimum absolute atomic E-state index is 0.779. The molecule has 0 bridgehead atoms. The topological polar surface area (TPSA) is 37.8 Å². The first-order chi connectivity index (χ1) is 11.2. The third kappa shape index (κ3) is 2.72. The SMILES string of the molecule is CCc1ccc(Nc2ncnc3sc4c(c23)CCC(C)C4)cc1. The molecule has 1 aliphatic carbocycles. The van der Waals surface area contributed by atoms with Gasteiger partial charge in [0.05, 0.1) is 5.39 Å². The molecule has 23 heavy (non-hydrogen) atoms. The number of nitrogens with one attached hydrogen (secondary N) is 1. The van der Waals surface area contributed by atoms with Gasteiger partial charge in [-0.25, -0.2) is 9.97 Å². The highest BCUT2D eigenvalue weighted by Crippen LogP contribution is 2.40. The number of anilines is 2. The summed E-state index contributed by atoms with van der Waals surface area (Å²) in [6.45, 7) is 4.52. The fourth-order valence-electron chi connectivity index (χ4n) is 3.33. The van der Waals surface area contributed by atoms with Gasteiger partial charge in [-0.3, -0.25) is 0 Å². The molecule has 2 aromatic heterocycles. The van der Waals surface area contributed by atoms with E-state index in [1.807, 2.05) is 11.3 Å². The van der Waals surface area contributed by atoms with Crippen LogP contribution in [0.4, 0.5) is 11.5 Å². The Bertz CT molecular complexity index is 836. The van der Waals surface area contributed by atoms with Crippen LogP contribution in [0.15, 0.2) is 30.6 Å². The highest BCUT2D eigenvalue weighted by molar-refractivity contribution is 7.19. The van der Waals surface area contributed by atoms with Crippen LogP contribution in [0.1, 0.15) is 36.3 Å². The van der Waals surface area contributed by atoms with Crippen LogP contribution in [-0.4, -0.2) is 9.97 Å². The summed E-state index contributed by atoms with van der Waals surface area (Å²) in [4.78, 5) is 11.7. The van der Waals surface area contributed by atoms with E-state index in [0.717, 1.165) is 35.1 Å². The van der Waals surface area contributed by atoms with Crippen molar-refractivity contribution in [2.45, 2.75) is 39.5 Å². The van der Waals surface area contributed by atoms with Crippen molar-refractivity contribution < 1.29 is 0 Å². The molecular weight excluding hydrogens is 302 g/mol. The second-order valence-corrected chi connectivity index (χ2v) is 7.51. The smallest absolute Gasteiger partial charge is 0.142 e. The monoisotopic (exact) mass is 323 g/mol. The lowest BCUT2D eigenvalue weighted by molar-refractivity contribution is 0.509. The van der Waals surface area contributed by atoms with Crippen LogP contribution >= 0.6 is 11.3 Å². The van der Waals surface area contributed by atoms with Gasteiger partial charge < -0.3 is 5.32 Å². The van der Waals surface area contributed by atoms with E-state index >= 15 is 0 Å². The van der Waals surface area contributed by atoms with Crippen LogP contribution in [0.3, 0.4) is 0 Å². The summed E-state index contributed by atoms with van der Waals surface area (Å²) in [5, 5.41) is 4.74. The average molecular weight is 323 g/mol. The van der Waals surface area contributed by atoms with E-state index in [1.54, 1.807) is 6.33 Å². The molecule has 0 amide bonds. The van der Waals surface area contributed by atoms with E-state index in [0.29, 0.717) is 0 Å². The molecule has 4 heteroatoms. The molecule has 1 aliphatic rings. The van der Waals surface area contributed by atoms with Gasteiger partial charge in [-0.2, -0.15) is 0 Å². The molecule has 3 aromatic rings. The minimum atomic E-state index is 0.779. The van der Waals surface area contributed by atoms with Gasteiger partial charge >= 0.3 is 0 Å². The summed E-state index contributed by atoms with van der Waals surface area (Å²) < 4.78 is 0. The molecule has 0 saturated carbocycles. The van der Waals surface area contributed by atoms with Gasteiger partial charge in [-0.1, -0.05) is 26.0 Å². The number of aryl methyl sites for hydroxylation is 2. The maximum Gasteiger partial charge on any atom is 0.142 e. The molecule has 1 aromatic carbocycles. The molecule has 0 fully saturated rings. The Hall–Kier alpha value is -1.94. The molecule has 4 rings (SSSR count). The Morgan fingerprint density at radius 1 is 1.22 bits per heavy atom. The quantitative estimate of drug-likeness (QED) is 0.727. The molecule has 118 valence electrons. The third-order valence-electron chi connectivity index (χ3n) is 4.72. The van der Waals surface area contributed by atoms with Crippen LogP contribution in [0.25, 0.3) is 10.2 Å². The Kier molecular flexibility index (Phi) is 3.77. The van der Waals surface area contributed by atoms with Gasteiger partial charge in [0.1, 0.15) is 17.0 Å². The molecule has 3 nitrogen and oxygen atoms in total. The van der Waals surface area contributed by atoms with E-state index < -0.39 is 0 Å². The first-order valence-electron chi connectivity index (χ1n) is 8.35. The first kappa shape index (κ1) is 14.6. The summed E-state index contributed by atoms with van der Waals surface area (Å²) in [7, 11) is 0. The number of fused-ring (bicyclic) bond motifs is 3. The highest BCUT2D eigenvalue weighted by atomic mass is 32.1. The molecule has 0 radical (unpaired) electrons. The lowest BCUT2D eigenvalue weighted by Crippen LogP contribution is -2.09. The summed E-state index contributed by atoms with van der Waals surface area (Å²) in [5.41, 5.74) is 3.91. The van der Waals surface area contributed by atoms with Crippen molar-refractivity contribution in [3.8, 4) is 0 Å². The summed E-state index contributed by atoms with van der Waals surface area (Å²) in [6.07, 6.45) is 6.33. The fourth-order valence-corrected chi connectivity index (χ4v) is 4.68. The van der Waals surface area contributed by atoms with Crippen molar-refractivity contribution in [3.63, 3.8) is 0 Å². The number of benzene rings is 1. The summed E-state index contributed by atoms with van der Waals surface area (Å²) >= 11 is 1.84. The Balaban J connectivity index is 1.74. The van der Waals surface area contributed by atoms with Crippen LogP contribution in [0, 0.1) is 5.92 Å². The van der Waals surface area contributed by atoms with Crippen LogP contribution in [0.5, 0.6) is 0 Å². The number of hydrogen-bond acceptors (Lipinski definition) is 4. The van der Waals surface area contributed by atoms with E-state index in [9.17, 15) is 0 Å². The molecule has 1 atom stereocenters. The number of hydrogen-bond donors (Lipinski definition) is 1. The number of thiophene rings is 1. The third-order valence-corrected chi connectivity index (χ3v) is 5.88. The standard InChI is InChI=1S/C19H21N3S/c1-3-13-5-7-14(8-6-13)22-18-17-15-9-4-12(2)10-16(15)23-19(17)21-11-20-18/h5-8,11-12H,3-4,9-10H2,1-2H3,(H,20,21,22). The Morgan fingerprint density at radius 3 is 2.83 bits per heavy atom. The maximum absolute atomic E-state index is 4.53. The van der Waals surface area contributed by atoms with Crippen molar-refractivity contribution >= 4 is 33.1 Å². The van der Waals surface area contributed by atoms with E-state index in [2.05, 4.69) is 53.4 Å². The van der Waals surface area contributed by atoms with Gasteiger partial charge in [-0.05, 0) is 54.9 Å². The molecule has 0 saturated heterocycles. The highest BCUT2D eigenvalue weighted by Gasteiger charge is 2.23. The predicted molar refractivity (Wildman–Crippen MR) is 97.7 cm³/mol. The molecule has 1 unspecified atom stereocenters. The van der Waals surface area contributed by atoms with Crippen molar-refractivity contribution in [1.29, 1.82) is 0 Å². The number of aromatic nitrogens is 2. The van der Waals surface area contributed by atoms with Crippen molar-refractivity contribution in [1.82, 2.24) is 9.97 Å². The van der Waals surface area contributed by atoms with Gasteiger partial charge in [0, 0.05) is 10.6 Å². The van der Waals surface area contributed by atoms with E-state index in [1.165, 1.54) is 34.2 Å². The average Bonchev–Trinajstić information content (AvgIpc) is 2.94. The minimum Gasteiger partial charge on any atom is -0.340 e. The van der Waals surface area contributed by atoms with Crippen molar-refractivity contribution in [2.75, 3.05) is 5.32 Å². The normalized spacial score (nSPS) is 17.2. The molecule has 2 heterocycles. The first-order valence-corrected chi connectivity index (χ1v) is 9.17. The second-order valence-electron chi connectivity index (χ2n) is 6.43. The number of nitrogens with zero attached hydrogens (tertiary/aromatic N) is 2. The van der Waals surface area contributed by atoms with Gasteiger partial charge in [0.2, 0.25) is 0 Å². The Morgan fingerprint density at radius 2 is 2.04 bits per heavy atom. The van der Waals surface area contributed by atoms with E-state index in [-0.39, 0.29) is 0 Å². The lowest BCUT2D eigenvalue weighted by atomic mass is 9.89. The second kappa shape index (κ2) is 5.93. The van der Waals surface area contributed by atoms with Crippen molar-refractivity contribution in [3.05, 3.63) is 46.6 Å².